The molecule has 94 valence electrons. The first kappa shape index (κ1) is 10.7. The van der Waals surface area contributed by atoms with Crippen LogP contribution in [0.1, 0.15) is 19.6 Å². The van der Waals surface area contributed by atoms with Crippen LogP contribution in [0.15, 0.2) is 11.0 Å². The first-order valence-corrected chi connectivity index (χ1v) is 5.19. The first-order valence-electron chi connectivity index (χ1n) is 5.69. The third-order valence-electron chi connectivity index (χ3n) is 2.73. The second-order valence-corrected chi connectivity index (χ2v) is 3.96. The Labute approximate surface area is 98.9 Å². The normalized spacial score (nSPS) is 33.7. The molecule has 0 amide bonds. The van der Waals surface area contributed by atoms with Gasteiger partial charge in [-0.05, 0) is 6.92 Å². The van der Waals surface area contributed by atoms with Gasteiger partial charge in [0.15, 0.2) is 0 Å². The van der Waals surface area contributed by atoms with Crippen molar-refractivity contribution in [3.63, 3.8) is 0 Å². The summed E-state index contributed by atoms with van der Waals surface area (Å²) in [4.78, 5) is 15.3. The smallest absolute Gasteiger partial charge is 0.351 e. The summed E-state index contributed by atoms with van der Waals surface area (Å²) < 4.78 is 14.0. The SMILES string of the molecule is [2H][C@]1(O)C[C@H](n2cc(C)c(N)nc2=O)O[C@@H]1CO. The van der Waals surface area contributed by atoms with E-state index in [-0.39, 0.29) is 12.2 Å². The molecule has 1 aromatic heterocycles. The number of ether oxygens (including phenoxy) is 1. The van der Waals surface area contributed by atoms with E-state index in [4.69, 9.17) is 16.9 Å². The molecule has 1 aliphatic heterocycles. The molecule has 0 aromatic carbocycles. The van der Waals surface area contributed by atoms with Crippen LogP contribution in [0.4, 0.5) is 5.82 Å². The van der Waals surface area contributed by atoms with Gasteiger partial charge in [0, 0.05) is 18.2 Å². The molecule has 0 radical (unpaired) electrons. The van der Waals surface area contributed by atoms with Crippen molar-refractivity contribution < 1.29 is 16.3 Å². The van der Waals surface area contributed by atoms with Gasteiger partial charge in [-0.3, -0.25) is 4.57 Å². The minimum atomic E-state index is -1.92. The van der Waals surface area contributed by atoms with Crippen molar-refractivity contribution in [1.29, 1.82) is 0 Å². The van der Waals surface area contributed by atoms with Crippen molar-refractivity contribution in [3.8, 4) is 0 Å². The van der Waals surface area contributed by atoms with E-state index in [2.05, 4.69) is 4.98 Å². The summed E-state index contributed by atoms with van der Waals surface area (Å²) in [7, 11) is 0. The fourth-order valence-electron chi connectivity index (χ4n) is 1.72. The van der Waals surface area contributed by atoms with Crippen LogP contribution in [-0.2, 0) is 4.74 Å². The van der Waals surface area contributed by atoms with Gasteiger partial charge in [-0.1, -0.05) is 0 Å². The zero-order valence-corrected chi connectivity index (χ0v) is 9.33. The largest absolute Gasteiger partial charge is 0.394 e. The third-order valence-corrected chi connectivity index (χ3v) is 2.73. The molecule has 7 heteroatoms. The number of nitrogens with two attached hydrogens (primary N) is 1. The molecule has 0 aliphatic carbocycles. The van der Waals surface area contributed by atoms with Gasteiger partial charge in [-0.2, -0.15) is 4.98 Å². The molecule has 1 aliphatic rings. The van der Waals surface area contributed by atoms with E-state index in [9.17, 15) is 9.90 Å². The topological polar surface area (TPSA) is 111 Å². The molecule has 1 saturated heterocycles. The molecule has 1 aromatic rings. The quantitative estimate of drug-likeness (QED) is 0.599. The molecule has 1 fully saturated rings. The number of hydrogen-bond donors (Lipinski definition) is 3. The molecular weight excluding hydrogens is 226 g/mol. The Kier molecular flexibility index (Phi) is 2.79. The summed E-state index contributed by atoms with van der Waals surface area (Å²) in [5.41, 5.74) is 5.49. The van der Waals surface area contributed by atoms with Crippen molar-refractivity contribution in [3.05, 3.63) is 22.2 Å². The number of nitrogens with zero attached hydrogens (tertiary/aromatic N) is 2. The standard InChI is InChI=1S/C10H15N3O4/c1-5-3-13(10(16)12-9(5)11)8-2-6(15)7(4-14)17-8/h3,6-8,14-15H,2,4H2,1H3,(H2,11,12,16)/t6-,7+,8+/m0/s1/i6D. The number of aliphatic hydroxyl groups excluding tert-OH is 1. The average molecular weight is 242 g/mol. The van der Waals surface area contributed by atoms with Gasteiger partial charge in [0.25, 0.3) is 0 Å². The van der Waals surface area contributed by atoms with E-state index in [0.29, 0.717) is 5.56 Å². The van der Waals surface area contributed by atoms with Crippen LogP contribution in [0.25, 0.3) is 0 Å². The van der Waals surface area contributed by atoms with E-state index in [0.717, 1.165) is 0 Å². The zero-order valence-electron chi connectivity index (χ0n) is 10.3. The Hall–Kier alpha value is -1.44. The molecular formula is C10H15N3O4. The highest BCUT2D eigenvalue weighted by Crippen LogP contribution is 2.27. The van der Waals surface area contributed by atoms with E-state index < -0.39 is 30.7 Å². The lowest BCUT2D eigenvalue weighted by Crippen LogP contribution is -2.28. The van der Waals surface area contributed by atoms with Gasteiger partial charge in [-0.25, -0.2) is 4.79 Å². The second-order valence-electron chi connectivity index (χ2n) is 3.96. The van der Waals surface area contributed by atoms with Gasteiger partial charge in [-0.15, -0.1) is 0 Å². The Balaban J connectivity index is 2.35. The van der Waals surface area contributed by atoms with Crippen LogP contribution in [0, 0.1) is 6.92 Å². The molecule has 17 heavy (non-hydrogen) atoms. The predicted molar refractivity (Wildman–Crippen MR) is 59.3 cm³/mol. The van der Waals surface area contributed by atoms with Crippen LogP contribution in [0.5, 0.6) is 0 Å². The summed E-state index contributed by atoms with van der Waals surface area (Å²) in [6, 6.07) is 0. The van der Waals surface area contributed by atoms with E-state index in [1.165, 1.54) is 10.8 Å². The van der Waals surface area contributed by atoms with Gasteiger partial charge < -0.3 is 20.7 Å². The predicted octanol–water partition coefficient (Wildman–Crippen LogP) is -1.23. The molecule has 3 atom stereocenters. The molecule has 4 N–H and O–H groups in total. The first-order chi connectivity index (χ1) is 8.35. The van der Waals surface area contributed by atoms with Crippen LogP contribution >= 0.6 is 0 Å². The third kappa shape index (κ3) is 2.17. The van der Waals surface area contributed by atoms with Crippen molar-refractivity contribution in [2.24, 2.45) is 0 Å². The summed E-state index contributed by atoms with van der Waals surface area (Å²) in [5, 5.41) is 18.7. The Bertz CT molecular complexity index is 516. The minimum absolute atomic E-state index is 0.122. The van der Waals surface area contributed by atoms with Crippen LogP contribution in [0.3, 0.4) is 0 Å². The average Bonchev–Trinajstić information content (AvgIpc) is 2.58. The highest BCUT2D eigenvalue weighted by atomic mass is 16.5. The summed E-state index contributed by atoms with van der Waals surface area (Å²) in [6.07, 6.45) is -2.46. The monoisotopic (exact) mass is 242 g/mol. The van der Waals surface area contributed by atoms with Crippen LogP contribution in [0.2, 0.25) is 0 Å². The van der Waals surface area contributed by atoms with Crippen molar-refractivity contribution in [1.82, 2.24) is 9.55 Å². The van der Waals surface area contributed by atoms with Gasteiger partial charge in [0.1, 0.15) is 18.1 Å². The Morgan fingerprint density at radius 2 is 2.53 bits per heavy atom. The molecule has 0 spiro atoms. The number of aliphatic hydroxyl groups is 2. The summed E-state index contributed by atoms with van der Waals surface area (Å²) in [5.74, 6) is 0.133. The summed E-state index contributed by atoms with van der Waals surface area (Å²) in [6.45, 7) is 1.19. The van der Waals surface area contributed by atoms with Crippen molar-refractivity contribution in [2.45, 2.75) is 31.8 Å². The number of nitrogen functional groups attached to an aromatic ring is 1. The number of hydrogen-bond acceptors (Lipinski definition) is 6. The van der Waals surface area contributed by atoms with E-state index >= 15 is 0 Å². The lowest BCUT2D eigenvalue weighted by molar-refractivity contribution is -0.0459. The second kappa shape index (κ2) is 4.44. The zero-order chi connectivity index (χ0) is 13.5. The molecule has 0 unspecified atom stereocenters. The lowest BCUT2D eigenvalue weighted by Gasteiger charge is -2.15. The maximum atomic E-state index is 11.7. The summed E-state index contributed by atoms with van der Waals surface area (Å²) >= 11 is 0. The van der Waals surface area contributed by atoms with E-state index in [1.807, 2.05) is 0 Å². The number of aromatic nitrogens is 2. The molecule has 2 rings (SSSR count). The number of aryl methyl sites for hydroxylation is 1. The van der Waals surface area contributed by atoms with Gasteiger partial charge in [0.05, 0.1) is 14.1 Å². The highest BCUT2D eigenvalue weighted by Gasteiger charge is 2.35. The fraction of sp³-hybridized carbons (Fsp3) is 0.600. The van der Waals surface area contributed by atoms with Crippen molar-refractivity contribution in [2.75, 3.05) is 12.3 Å². The van der Waals surface area contributed by atoms with E-state index in [1.54, 1.807) is 6.92 Å². The fourth-order valence-corrected chi connectivity index (χ4v) is 1.72. The molecule has 0 saturated carbocycles. The Morgan fingerprint density at radius 3 is 3.12 bits per heavy atom. The molecule has 2 heterocycles. The maximum absolute atomic E-state index is 11.7. The number of anilines is 1. The molecule has 7 nitrogen and oxygen atoms in total. The highest BCUT2D eigenvalue weighted by molar-refractivity contribution is 5.35. The van der Waals surface area contributed by atoms with Gasteiger partial charge in [0.2, 0.25) is 0 Å². The van der Waals surface area contributed by atoms with Crippen LogP contribution in [-0.4, -0.2) is 38.6 Å². The van der Waals surface area contributed by atoms with Crippen molar-refractivity contribution >= 4 is 5.82 Å². The van der Waals surface area contributed by atoms with Crippen LogP contribution < -0.4 is 11.4 Å². The maximum Gasteiger partial charge on any atom is 0.351 e. The minimum Gasteiger partial charge on any atom is -0.394 e. The number of rotatable bonds is 2. The molecule has 0 bridgehead atoms. The lowest BCUT2D eigenvalue weighted by atomic mass is 10.2. The van der Waals surface area contributed by atoms with Gasteiger partial charge >= 0.3 is 5.69 Å². The Morgan fingerprint density at radius 1 is 1.82 bits per heavy atom.